The molecule has 2 aromatic carbocycles. The number of rotatable bonds is 5. The number of aryl methyl sites for hydroxylation is 2. The fraction of sp³-hybridized carbons (Fsp3) is 0.292. The van der Waals surface area contributed by atoms with Gasteiger partial charge in [-0.25, -0.2) is 4.98 Å². The molecule has 6 heteroatoms. The Balaban J connectivity index is 1.31. The molecular weight excluding hydrogens is 392 g/mol. The number of benzene rings is 2. The van der Waals surface area contributed by atoms with Crippen LogP contribution in [0.5, 0.6) is 0 Å². The first kappa shape index (κ1) is 20.4. The van der Waals surface area contributed by atoms with Crippen LogP contribution < -0.4 is 10.2 Å². The molecule has 0 aliphatic carbocycles. The zero-order valence-corrected chi connectivity index (χ0v) is 18.2. The van der Waals surface area contributed by atoms with Gasteiger partial charge in [0.2, 0.25) is 5.91 Å². The minimum absolute atomic E-state index is 0.0296. The lowest BCUT2D eigenvalue weighted by Crippen LogP contribution is -2.38. The predicted molar refractivity (Wildman–Crippen MR) is 122 cm³/mol. The van der Waals surface area contributed by atoms with E-state index in [1.165, 1.54) is 20.9 Å². The van der Waals surface area contributed by atoms with Crippen LogP contribution in [0.3, 0.4) is 0 Å². The number of carbonyl (C=O) groups excluding carboxylic acids is 1. The molecule has 0 unspecified atom stereocenters. The molecule has 30 heavy (non-hydrogen) atoms. The molecule has 5 nitrogen and oxygen atoms in total. The van der Waals surface area contributed by atoms with Crippen molar-refractivity contribution in [3.05, 3.63) is 72.2 Å². The van der Waals surface area contributed by atoms with Crippen molar-refractivity contribution >= 4 is 29.2 Å². The van der Waals surface area contributed by atoms with E-state index in [2.05, 4.69) is 64.4 Å². The molecule has 1 saturated heterocycles. The maximum absolute atomic E-state index is 12.7. The van der Waals surface area contributed by atoms with E-state index < -0.39 is 0 Å². The molecule has 1 fully saturated rings. The van der Waals surface area contributed by atoms with Crippen LogP contribution >= 0.6 is 11.8 Å². The zero-order valence-electron chi connectivity index (χ0n) is 17.3. The molecule has 0 radical (unpaired) electrons. The van der Waals surface area contributed by atoms with Crippen LogP contribution in [0.1, 0.15) is 24.0 Å². The second-order valence-electron chi connectivity index (χ2n) is 7.71. The van der Waals surface area contributed by atoms with E-state index in [4.69, 9.17) is 0 Å². The molecule has 0 saturated carbocycles. The number of nitrogens with zero attached hydrogens (tertiary/aromatic N) is 3. The number of nitrogens with one attached hydrogen (secondary N) is 1. The van der Waals surface area contributed by atoms with Gasteiger partial charge in [-0.2, -0.15) is 0 Å². The van der Waals surface area contributed by atoms with Crippen molar-refractivity contribution in [1.82, 2.24) is 9.97 Å². The third kappa shape index (κ3) is 5.00. The fourth-order valence-corrected chi connectivity index (χ4v) is 4.62. The highest BCUT2D eigenvalue weighted by molar-refractivity contribution is 7.99. The van der Waals surface area contributed by atoms with Gasteiger partial charge in [-0.05, 0) is 68.1 Å². The summed E-state index contributed by atoms with van der Waals surface area (Å²) < 4.78 is 0. The Morgan fingerprint density at radius 2 is 1.83 bits per heavy atom. The third-order valence-corrected chi connectivity index (χ3v) is 6.60. The van der Waals surface area contributed by atoms with Crippen LogP contribution in [0.15, 0.2) is 70.8 Å². The summed E-state index contributed by atoms with van der Waals surface area (Å²) >= 11 is 1.75. The summed E-state index contributed by atoms with van der Waals surface area (Å²) in [5.74, 6) is 1.01. The van der Waals surface area contributed by atoms with Crippen LogP contribution in [0.4, 0.5) is 11.5 Å². The van der Waals surface area contributed by atoms with Gasteiger partial charge in [0.05, 0.1) is 6.20 Å². The summed E-state index contributed by atoms with van der Waals surface area (Å²) in [6.45, 7) is 5.89. The van der Waals surface area contributed by atoms with E-state index in [0.29, 0.717) is 0 Å². The van der Waals surface area contributed by atoms with E-state index in [9.17, 15) is 4.79 Å². The smallest absolute Gasteiger partial charge is 0.227 e. The van der Waals surface area contributed by atoms with Crippen molar-refractivity contribution in [2.75, 3.05) is 23.3 Å². The lowest BCUT2D eigenvalue weighted by molar-refractivity contribution is -0.120. The first-order valence-corrected chi connectivity index (χ1v) is 11.1. The largest absolute Gasteiger partial charge is 0.355 e. The number of carbonyl (C=O) groups is 1. The van der Waals surface area contributed by atoms with Crippen molar-refractivity contribution in [3.63, 3.8) is 0 Å². The molecule has 0 atom stereocenters. The maximum atomic E-state index is 12.7. The minimum atomic E-state index is 0.0296. The first-order chi connectivity index (χ1) is 14.6. The van der Waals surface area contributed by atoms with Crippen LogP contribution in [0, 0.1) is 19.8 Å². The number of aromatic nitrogens is 2. The first-order valence-electron chi connectivity index (χ1n) is 10.3. The topological polar surface area (TPSA) is 58.1 Å². The molecule has 1 aliphatic rings. The van der Waals surface area contributed by atoms with E-state index in [-0.39, 0.29) is 11.8 Å². The van der Waals surface area contributed by atoms with E-state index in [1.807, 2.05) is 12.1 Å². The summed E-state index contributed by atoms with van der Waals surface area (Å²) in [7, 11) is 0. The van der Waals surface area contributed by atoms with Crippen molar-refractivity contribution in [1.29, 1.82) is 0 Å². The lowest BCUT2D eigenvalue weighted by Gasteiger charge is -2.31. The van der Waals surface area contributed by atoms with Crippen molar-refractivity contribution in [3.8, 4) is 0 Å². The van der Waals surface area contributed by atoms with Gasteiger partial charge in [0, 0.05) is 46.9 Å². The van der Waals surface area contributed by atoms with E-state index in [1.54, 1.807) is 30.4 Å². The molecule has 1 N–H and O–H groups in total. The number of hydrogen-bond donors (Lipinski definition) is 1. The predicted octanol–water partition coefficient (Wildman–Crippen LogP) is 5.10. The van der Waals surface area contributed by atoms with Crippen LogP contribution in [0.25, 0.3) is 0 Å². The molecule has 0 spiro atoms. The molecule has 1 aliphatic heterocycles. The van der Waals surface area contributed by atoms with Crippen LogP contribution in [-0.4, -0.2) is 29.0 Å². The van der Waals surface area contributed by atoms with Crippen molar-refractivity contribution < 1.29 is 4.79 Å². The number of amides is 1. The standard InChI is InChI=1S/C24H26N4OS/c1-17-3-4-18(2)22(15-17)30-21-7-5-20(6-8-21)27-24(29)19-9-13-28(14-10-19)23-16-25-11-12-26-23/h3-8,11-12,15-16,19H,9-10,13-14H2,1-2H3,(H,27,29). The Hall–Kier alpha value is -2.86. The molecule has 154 valence electrons. The van der Waals surface area contributed by atoms with Gasteiger partial charge in [-0.15, -0.1) is 0 Å². The Morgan fingerprint density at radius 1 is 1.07 bits per heavy atom. The SMILES string of the molecule is Cc1ccc(C)c(Sc2ccc(NC(=O)C3CCN(c4cnccn4)CC3)cc2)c1. The molecule has 1 amide bonds. The van der Waals surface area contributed by atoms with Gasteiger partial charge >= 0.3 is 0 Å². The Morgan fingerprint density at radius 3 is 2.53 bits per heavy atom. The van der Waals surface area contributed by atoms with Crippen molar-refractivity contribution in [2.45, 2.75) is 36.5 Å². The third-order valence-electron chi connectivity index (χ3n) is 5.43. The number of hydrogen-bond acceptors (Lipinski definition) is 5. The average molecular weight is 419 g/mol. The highest BCUT2D eigenvalue weighted by atomic mass is 32.2. The van der Waals surface area contributed by atoms with Gasteiger partial charge in [0.1, 0.15) is 5.82 Å². The molecule has 1 aromatic heterocycles. The van der Waals surface area contributed by atoms with Gasteiger partial charge in [0.15, 0.2) is 0 Å². The van der Waals surface area contributed by atoms with E-state index in [0.717, 1.165) is 37.4 Å². The minimum Gasteiger partial charge on any atom is -0.355 e. The van der Waals surface area contributed by atoms with Gasteiger partial charge < -0.3 is 10.2 Å². The molecule has 3 aromatic rings. The summed E-state index contributed by atoms with van der Waals surface area (Å²) in [6, 6.07) is 14.6. The monoisotopic (exact) mass is 418 g/mol. The van der Waals surface area contributed by atoms with Crippen LogP contribution in [0.2, 0.25) is 0 Å². The normalized spacial score (nSPS) is 14.5. The van der Waals surface area contributed by atoms with E-state index >= 15 is 0 Å². The second-order valence-corrected chi connectivity index (χ2v) is 8.82. The Bertz CT molecular complexity index is 999. The molecular formula is C24H26N4OS. The van der Waals surface area contributed by atoms with Crippen LogP contribution in [-0.2, 0) is 4.79 Å². The summed E-state index contributed by atoms with van der Waals surface area (Å²) in [6.07, 6.45) is 6.80. The number of piperidine rings is 1. The summed E-state index contributed by atoms with van der Waals surface area (Å²) in [5.41, 5.74) is 3.38. The van der Waals surface area contributed by atoms with Gasteiger partial charge in [-0.3, -0.25) is 9.78 Å². The Kier molecular flexibility index (Phi) is 6.33. The van der Waals surface area contributed by atoms with Crippen molar-refractivity contribution in [2.24, 2.45) is 5.92 Å². The van der Waals surface area contributed by atoms with Gasteiger partial charge in [0.25, 0.3) is 0 Å². The van der Waals surface area contributed by atoms with Gasteiger partial charge in [-0.1, -0.05) is 23.9 Å². The average Bonchev–Trinajstić information content (AvgIpc) is 2.78. The summed E-state index contributed by atoms with van der Waals surface area (Å²) in [4.78, 5) is 25.8. The zero-order chi connectivity index (χ0) is 20.9. The second kappa shape index (κ2) is 9.30. The number of anilines is 2. The quantitative estimate of drug-likeness (QED) is 0.625. The Labute approximate surface area is 181 Å². The lowest BCUT2D eigenvalue weighted by atomic mass is 9.96. The summed E-state index contributed by atoms with van der Waals surface area (Å²) in [5, 5.41) is 3.08. The molecule has 2 heterocycles. The fourth-order valence-electron chi connectivity index (χ4n) is 3.62. The maximum Gasteiger partial charge on any atom is 0.227 e. The highest BCUT2D eigenvalue weighted by Crippen LogP contribution is 2.32. The highest BCUT2D eigenvalue weighted by Gasteiger charge is 2.25. The molecule has 4 rings (SSSR count). The molecule has 0 bridgehead atoms.